The summed E-state index contributed by atoms with van der Waals surface area (Å²) < 4.78 is 0. The predicted molar refractivity (Wildman–Crippen MR) is 67.8 cm³/mol. The second-order valence-electron chi connectivity index (χ2n) is 3.83. The van der Waals surface area contributed by atoms with Gasteiger partial charge < -0.3 is 5.32 Å². The van der Waals surface area contributed by atoms with Crippen LogP contribution in [0.5, 0.6) is 0 Å². The van der Waals surface area contributed by atoms with Crippen LogP contribution in [0.2, 0.25) is 0 Å². The first kappa shape index (κ1) is 12.6. The molecule has 0 saturated heterocycles. The average Bonchev–Trinajstić information content (AvgIpc) is 2.34. The van der Waals surface area contributed by atoms with Crippen LogP contribution in [-0.4, -0.2) is 19.6 Å². The summed E-state index contributed by atoms with van der Waals surface area (Å²) in [5, 5.41) is 2.90. The molecule has 0 heterocycles. The Morgan fingerprint density at radius 1 is 1.25 bits per heavy atom. The van der Waals surface area contributed by atoms with Crippen molar-refractivity contribution < 1.29 is 4.79 Å². The van der Waals surface area contributed by atoms with Gasteiger partial charge in [0.05, 0.1) is 0 Å². The Morgan fingerprint density at radius 2 is 1.94 bits per heavy atom. The van der Waals surface area contributed by atoms with Crippen molar-refractivity contribution in [3.05, 3.63) is 30.3 Å². The number of benzene rings is 1. The van der Waals surface area contributed by atoms with Gasteiger partial charge in [0.2, 0.25) is 0 Å². The topological polar surface area (TPSA) is 32.3 Å². The summed E-state index contributed by atoms with van der Waals surface area (Å²) in [5.41, 5.74) is 0.912. The van der Waals surface area contributed by atoms with Gasteiger partial charge in [0.1, 0.15) is 0 Å². The van der Waals surface area contributed by atoms with E-state index >= 15 is 0 Å². The van der Waals surface area contributed by atoms with E-state index in [1.54, 1.807) is 11.9 Å². The molecule has 1 aromatic carbocycles. The van der Waals surface area contributed by atoms with Gasteiger partial charge in [0, 0.05) is 19.3 Å². The minimum absolute atomic E-state index is 0.0395. The van der Waals surface area contributed by atoms with Crippen LogP contribution < -0.4 is 10.2 Å². The van der Waals surface area contributed by atoms with Crippen LogP contribution >= 0.6 is 0 Å². The van der Waals surface area contributed by atoms with Crippen molar-refractivity contribution in [1.29, 1.82) is 0 Å². The molecule has 1 N–H and O–H groups in total. The molecule has 1 rings (SSSR count). The van der Waals surface area contributed by atoms with Gasteiger partial charge >= 0.3 is 6.03 Å². The highest BCUT2D eigenvalue weighted by Gasteiger charge is 2.08. The molecular formula is C13H20N2O. The van der Waals surface area contributed by atoms with Gasteiger partial charge in [-0.05, 0) is 18.6 Å². The smallest absolute Gasteiger partial charge is 0.321 e. The van der Waals surface area contributed by atoms with Gasteiger partial charge in [-0.25, -0.2) is 4.79 Å². The van der Waals surface area contributed by atoms with Gasteiger partial charge in [-0.1, -0.05) is 38.0 Å². The lowest BCUT2D eigenvalue weighted by molar-refractivity contribution is 0.247. The van der Waals surface area contributed by atoms with Crippen molar-refractivity contribution in [2.45, 2.75) is 26.2 Å². The molecule has 3 heteroatoms. The van der Waals surface area contributed by atoms with Crippen LogP contribution in [0.15, 0.2) is 30.3 Å². The highest BCUT2D eigenvalue weighted by molar-refractivity contribution is 5.91. The third-order valence-corrected chi connectivity index (χ3v) is 2.50. The van der Waals surface area contributed by atoms with Crippen molar-refractivity contribution in [2.24, 2.45) is 0 Å². The highest BCUT2D eigenvalue weighted by atomic mass is 16.2. The maximum atomic E-state index is 11.7. The Hall–Kier alpha value is -1.51. The van der Waals surface area contributed by atoms with Crippen LogP contribution in [0.25, 0.3) is 0 Å². The van der Waals surface area contributed by atoms with Crippen LogP contribution in [0.1, 0.15) is 26.2 Å². The summed E-state index contributed by atoms with van der Waals surface area (Å²) in [6.07, 6.45) is 3.38. The Balaban J connectivity index is 2.37. The summed E-state index contributed by atoms with van der Waals surface area (Å²) in [5.74, 6) is 0. The summed E-state index contributed by atoms with van der Waals surface area (Å²) in [7, 11) is 1.78. The molecule has 0 aliphatic carbocycles. The number of nitrogens with one attached hydrogen (secondary N) is 1. The van der Waals surface area contributed by atoms with Gasteiger partial charge in [0.15, 0.2) is 0 Å². The van der Waals surface area contributed by atoms with E-state index in [4.69, 9.17) is 0 Å². The van der Waals surface area contributed by atoms with Crippen LogP contribution in [0.3, 0.4) is 0 Å². The van der Waals surface area contributed by atoms with Crippen molar-refractivity contribution in [3.63, 3.8) is 0 Å². The van der Waals surface area contributed by atoms with E-state index in [-0.39, 0.29) is 6.03 Å². The molecule has 1 aromatic rings. The maximum absolute atomic E-state index is 11.7. The SMILES string of the molecule is CCCCCNC(=O)N(C)c1ccccc1. The highest BCUT2D eigenvalue weighted by Crippen LogP contribution is 2.10. The number of unbranched alkanes of at least 4 members (excludes halogenated alkanes) is 2. The summed E-state index contributed by atoms with van der Waals surface area (Å²) in [4.78, 5) is 13.4. The van der Waals surface area contributed by atoms with Gasteiger partial charge in [-0.3, -0.25) is 4.90 Å². The molecule has 0 saturated carbocycles. The lowest BCUT2D eigenvalue weighted by atomic mass is 10.2. The molecule has 16 heavy (non-hydrogen) atoms. The van der Waals surface area contributed by atoms with E-state index in [1.807, 2.05) is 30.3 Å². The van der Waals surface area contributed by atoms with Crippen molar-refractivity contribution >= 4 is 11.7 Å². The van der Waals surface area contributed by atoms with E-state index in [9.17, 15) is 4.79 Å². The minimum Gasteiger partial charge on any atom is -0.338 e. The van der Waals surface area contributed by atoms with E-state index in [2.05, 4.69) is 12.2 Å². The zero-order chi connectivity index (χ0) is 11.8. The monoisotopic (exact) mass is 220 g/mol. The Kier molecular flexibility index (Phi) is 5.40. The van der Waals surface area contributed by atoms with Crippen LogP contribution in [0.4, 0.5) is 10.5 Å². The molecule has 0 atom stereocenters. The fraction of sp³-hybridized carbons (Fsp3) is 0.462. The molecule has 0 aliphatic rings. The Bertz CT molecular complexity index is 311. The number of urea groups is 1. The number of carbonyl (C=O) groups excluding carboxylic acids is 1. The Morgan fingerprint density at radius 3 is 2.56 bits per heavy atom. The average molecular weight is 220 g/mol. The number of hydrogen-bond acceptors (Lipinski definition) is 1. The lowest BCUT2D eigenvalue weighted by Gasteiger charge is -2.17. The molecule has 0 unspecified atom stereocenters. The second kappa shape index (κ2) is 6.88. The first-order valence-corrected chi connectivity index (χ1v) is 5.82. The summed E-state index contributed by atoms with van der Waals surface area (Å²) in [6.45, 7) is 2.90. The van der Waals surface area contributed by atoms with E-state index < -0.39 is 0 Å². The van der Waals surface area contributed by atoms with Crippen LogP contribution in [0, 0.1) is 0 Å². The van der Waals surface area contributed by atoms with Crippen LogP contribution in [-0.2, 0) is 0 Å². The summed E-state index contributed by atoms with van der Waals surface area (Å²) >= 11 is 0. The third kappa shape index (κ3) is 3.93. The Labute approximate surface area is 97.5 Å². The van der Waals surface area contributed by atoms with E-state index in [0.717, 1.165) is 25.1 Å². The van der Waals surface area contributed by atoms with E-state index in [0.29, 0.717) is 0 Å². The molecular weight excluding hydrogens is 200 g/mol. The van der Waals surface area contributed by atoms with Crippen molar-refractivity contribution in [3.8, 4) is 0 Å². The first-order chi connectivity index (χ1) is 7.75. The number of carbonyl (C=O) groups is 1. The molecule has 0 radical (unpaired) electrons. The molecule has 3 nitrogen and oxygen atoms in total. The number of para-hydroxylation sites is 1. The number of hydrogen-bond donors (Lipinski definition) is 1. The summed E-state index contributed by atoms with van der Waals surface area (Å²) in [6, 6.07) is 9.60. The second-order valence-corrected chi connectivity index (χ2v) is 3.83. The molecule has 88 valence electrons. The molecule has 0 aliphatic heterocycles. The largest absolute Gasteiger partial charge is 0.338 e. The molecule has 0 fully saturated rings. The lowest BCUT2D eigenvalue weighted by Crippen LogP contribution is -2.37. The zero-order valence-corrected chi connectivity index (χ0v) is 10.1. The fourth-order valence-electron chi connectivity index (χ4n) is 1.46. The standard InChI is InChI=1S/C13H20N2O/c1-3-4-8-11-14-13(16)15(2)12-9-6-5-7-10-12/h5-7,9-10H,3-4,8,11H2,1-2H3,(H,14,16). The predicted octanol–water partition coefficient (Wildman–Crippen LogP) is 3.02. The molecule has 0 bridgehead atoms. The number of amides is 2. The van der Waals surface area contributed by atoms with Gasteiger partial charge in [-0.2, -0.15) is 0 Å². The number of rotatable bonds is 5. The molecule has 0 aromatic heterocycles. The van der Waals surface area contributed by atoms with Gasteiger partial charge in [0.25, 0.3) is 0 Å². The van der Waals surface area contributed by atoms with Gasteiger partial charge in [-0.15, -0.1) is 0 Å². The third-order valence-electron chi connectivity index (χ3n) is 2.50. The zero-order valence-electron chi connectivity index (χ0n) is 10.1. The maximum Gasteiger partial charge on any atom is 0.321 e. The minimum atomic E-state index is -0.0395. The molecule has 0 spiro atoms. The number of nitrogens with zero attached hydrogens (tertiary/aromatic N) is 1. The fourth-order valence-corrected chi connectivity index (χ4v) is 1.46. The number of anilines is 1. The first-order valence-electron chi connectivity index (χ1n) is 5.82. The molecule has 2 amide bonds. The quantitative estimate of drug-likeness (QED) is 0.760. The normalized spacial score (nSPS) is 9.88. The van der Waals surface area contributed by atoms with E-state index in [1.165, 1.54) is 6.42 Å². The van der Waals surface area contributed by atoms with Crippen molar-refractivity contribution in [2.75, 3.05) is 18.5 Å². The van der Waals surface area contributed by atoms with Crippen molar-refractivity contribution in [1.82, 2.24) is 5.32 Å².